The molecule has 1 amide bonds. The van der Waals surface area contributed by atoms with E-state index < -0.39 is 5.91 Å². The smallest absolute Gasteiger partial charge is 0.279 e. The molecule has 6 nitrogen and oxygen atoms in total. The molecule has 0 aliphatic carbocycles. The zero-order valence-electron chi connectivity index (χ0n) is 15.7. The molecule has 0 saturated carbocycles. The third-order valence-corrected chi connectivity index (χ3v) is 5.34. The topological polar surface area (TPSA) is 62.1 Å². The second kappa shape index (κ2) is 8.50. The Morgan fingerprint density at radius 1 is 1.18 bits per heavy atom. The Hall–Kier alpha value is -2.77. The second-order valence-corrected chi connectivity index (χ2v) is 7.17. The van der Waals surface area contributed by atoms with Crippen molar-refractivity contribution >= 4 is 39.1 Å². The molecule has 0 aliphatic rings. The number of rotatable bonds is 6. The summed E-state index contributed by atoms with van der Waals surface area (Å²) >= 11 is 7.48. The molecule has 0 unspecified atom stereocenters. The number of amides is 1. The third-order valence-electron chi connectivity index (χ3n) is 4.07. The van der Waals surface area contributed by atoms with Gasteiger partial charge < -0.3 is 18.8 Å². The van der Waals surface area contributed by atoms with Crippen LogP contribution in [0.5, 0.6) is 17.2 Å². The molecule has 0 spiro atoms. The number of halogens is 1. The number of thiazole rings is 1. The lowest BCUT2D eigenvalue weighted by atomic mass is 10.1. The minimum absolute atomic E-state index is 0.329. The van der Waals surface area contributed by atoms with Crippen LogP contribution in [0.15, 0.2) is 48.0 Å². The Balaban J connectivity index is 2.15. The average molecular weight is 419 g/mol. The monoisotopic (exact) mass is 418 g/mol. The van der Waals surface area contributed by atoms with E-state index in [9.17, 15) is 4.79 Å². The van der Waals surface area contributed by atoms with Crippen LogP contribution in [0.25, 0.3) is 10.2 Å². The Bertz CT molecular complexity index is 1090. The van der Waals surface area contributed by atoms with Crippen LogP contribution in [-0.4, -0.2) is 31.8 Å². The lowest BCUT2D eigenvalue weighted by Gasteiger charge is -2.12. The quantitative estimate of drug-likeness (QED) is 0.559. The SMILES string of the molecule is C=CCn1c(=NC(=O)c2cc(OC)c(OC)c(OC)c2)sc2cc(Cl)ccc21. The van der Waals surface area contributed by atoms with Crippen LogP contribution >= 0.6 is 22.9 Å². The predicted octanol–water partition coefficient (Wildman–Crippen LogP) is 4.31. The summed E-state index contributed by atoms with van der Waals surface area (Å²) in [5, 5.41) is 0.627. The van der Waals surface area contributed by atoms with Crippen molar-refractivity contribution < 1.29 is 19.0 Å². The fraction of sp³-hybridized carbons (Fsp3) is 0.200. The number of fused-ring (bicyclic) bond motifs is 1. The van der Waals surface area contributed by atoms with E-state index >= 15 is 0 Å². The molecule has 3 aromatic rings. The van der Waals surface area contributed by atoms with Gasteiger partial charge in [-0.3, -0.25) is 4.79 Å². The van der Waals surface area contributed by atoms with Gasteiger partial charge in [0.15, 0.2) is 16.3 Å². The normalized spacial score (nSPS) is 11.5. The molecular formula is C20H19ClN2O4S. The molecule has 0 N–H and O–H groups in total. The van der Waals surface area contributed by atoms with Crippen molar-refractivity contribution in [2.24, 2.45) is 4.99 Å². The number of ether oxygens (including phenoxy) is 3. The first-order chi connectivity index (χ1) is 13.5. The first kappa shape index (κ1) is 20.0. The van der Waals surface area contributed by atoms with Gasteiger partial charge in [0.05, 0.1) is 31.5 Å². The minimum Gasteiger partial charge on any atom is -0.493 e. The summed E-state index contributed by atoms with van der Waals surface area (Å²) in [6.45, 7) is 4.30. The van der Waals surface area contributed by atoms with Gasteiger partial charge >= 0.3 is 0 Å². The Morgan fingerprint density at radius 2 is 1.86 bits per heavy atom. The molecule has 0 fully saturated rings. The number of hydrogen-bond donors (Lipinski definition) is 0. The largest absolute Gasteiger partial charge is 0.493 e. The van der Waals surface area contributed by atoms with E-state index in [1.807, 2.05) is 16.7 Å². The molecule has 146 valence electrons. The van der Waals surface area contributed by atoms with Gasteiger partial charge in [-0.25, -0.2) is 0 Å². The molecule has 0 aliphatic heterocycles. The van der Waals surface area contributed by atoms with E-state index in [0.717, 1.165) is 10.2 Å². The van der Waals surface area contributed by atoms with Gasteiger partial charge in [-0.15, -0.1) is 6.58 Å². The van der Waals surface area contributed by atoms with E-state index in [4.69, 9.17) is 25.8 Å². The molecule has 0 saturated heterocycles. The lowest BCUT2D eigenvalue weighted by Crippen LogP contribution is -2.16. The second-order valence-electron chi connectivity index (χ2n) is 5.73. The van der Waals surface area contributed by atoms with Gasteiger partial charge in [-0.1, -0.05) is 29.0 Å². The number of carbonyl (C=O) groups is 1. The summed E-state index contributed by atoms with van der Waals surface area (Å²) in [6, 6.07) is 8.72. The zero-order chi connectivity index (χ0) is 20.3. The van der Waals surface area contributed by atoms with Crippen LogP contribution < -0.4 is 19.0 Å². The van der Waals surface area contributed by atoms with E-state index in [0.29, 0.717) is 39.2 Å². The van der Waals surface area contributed by atoms with Crippen molar-refractivity contribution in [3.63, 3.8) is 0 Å². The maximum absolute atomic E-state index is 12.9. The molecule has 0 radical (unpaired) electrons. The highest BCUT2D eigenvalue weighted by Gasteiger charge is 2.17. The van der Waals surface area contributed by atoms with Gasteiger partial charge in [0.1, 0.15) is 0 Å². The van der Waals surface area contributed by atoms with Crippen LogP contribution in [0.1, 0.15) is 10.4 Å². The highest BCUT2D eigenvalue weighted by Crippen LogP contribution is 2.38. The van der Waals surface area contributed by atoms with Crippen molar-refractivity contribution in [2.75, 3.05) is 21.3 Å². The predicted molar refractivity (Wildman–Crippen MR) is 111 cm³/mol. The Kier molecular flexibility index (Phi) is 6.06. The fourth-order valence-corrected chi connectivity index (χ4v) is 4.11. The molecule has 1 aromatic heterocycles. The minimum atomic E-state index is -0.422. The van der Waals surface area contributed by atoms with Crippen LogP contribution in [0.3, 0.4) is 0 Å². The van der Waals surface area contributed by atoms with Gasteiger partial charge in [0, 0.05) is 17.1 Å². The fourth-order valence-electron chi connectivity index (χ4n) is 2.79. The van der Waals surface area contributed by atoms with E-state index in [2.05, 4.69) is 11.6 Å². The highest BCUT2D eigenvalue weighted by atomic mass is 35.5. The van der Waals surface area contributed by atoms with Crippen molar-refractivity contribution in [2.45, 2.75) is 6.54 Å². The highest BCUT2D eigenvalue weighted by molar-refractivity contribution is 7.16. The van der Waals surface area contributed by atoms with Crippen LogP contribution in [-0.2, 0) is 6.54 Å². The van der Waals surface area contributed by atoms with E-state index in [1.54, 1.807) is 24.3 Å². The molecule has 0 bridgehead atoms. The number of allylic oxidation sites excluding steroid dienone is 1. The Labute approximate surface area is 171 Å². The summed E-state index contributed by atoms with van der Waals surface area (Å²) in [7, 11) is 4.50. The third kappa shape index (κ3) is 3.76. The summed E-state index contributed by atoms with van der Waals surface area (Å²) < 4.78 is 18.8. The molecule has 1 heterocycles. The zero-order valence-corrected chi connectivity index (χ0v) is 17.3. The summed E-state index contributed by atoms with van der Waals surface area (Å²) in [4.78, 5) is 17.7. The summed E-state index contributed by atoms with van der Waals surface area (Å²) in [6.07, 6.45) is 1.75. The maximum atomic E-state index is 12.9. The molecule has 3 rings (SSSR count). The van der Waals surface area contributed by atoms with Crippen molar-refractivity contribution in [3.8, 4) is 17.2 Å². The molecule has 2 aromatic carbocycles. The number of aromatic nitrogens is 1. The first-order valence-corrected chi connectivity index (χ1v) is 9.50. The Morgan fingerprint density at radius 3 is 2.43 bits per heavy atom. The van der Waals surface area contributed by atoms with Crippen molar-refractivity contribution in [1.82, 2.24) is 4.57 Å². The van der Waals surface area contributed by atoms with Crippen LogP contribution in [0.2, 0.25) is 5.02 Å². The van der Waals surface area contributed by atoms with Crippen molar-refractivity contribution in [3.05, 3.63) is 58.4 Å². The molecule has 8 heteroatoms. The van der Waals surface area contributed by atoms with Gasteiger partial charge in [0.2, 0.25) is 5.75 Å². The molecular weight excluding hydrogens is 400 g/mol. The average Bonchev–Trinajstić information content (AvgIpc) is 3.02. The summed E-state index contributed by atoms with van der Waals surface area (Å²) in [5.74, 6) is 0.777. The van der Waals surface area contributed by atoms with Gasteiger partial charge in [0.25, 0.3) is 5.91 Å². The molecule has 0 atom stereocenters. The van der Waals surface area contributed by atoms with Crippen LogP contribution in [0, 0.1) is 0 Å². The maximum Gasteiger partial charge on any atom is 0.279 e. The number of hydrogen-bond acceptors (Lipinski definition) is 5. The summed E-state index contributed by atoms with van der Waals surface area (Å²) in [5.41, 5.74) is 1.26. The number of carbonyl (C=O) groups excluding carboxylic acids is 1. The number of nitrogens with zero attached hydrogens (tertiary/aromatic N) is 2. The van der Waals surface area contributed by atoms with Crippen molar-refractivity contribution in [1.29, 1.82) is 0 Å². The van der Waals surface area contributed by atoms with E-state index in [1.165, 1.54) is 32.7 Å². The lowest BCUT2D eigenvalue weighted by molar-refractivity contribution is 0.0997. The molecule has 28 heavy (non-hydrogen) atoms. The van der Waals surface area contributed by atoms with E-state index in [-0.39, 0.29) is 0 Å². The standard InChI is InChI=1S/C20H19ClN2O4S/c1-5-8-23-14-7-6-13(21)11-17(14)28-20(23)22-19(24)12-9-15(25-2)18(27-4)16(10-12)26-3/h5-7,9-11H,1,8H2,2-4H3. The van der Waals surface area contributed by atoms with Crippen LogP contribution in [0.4, 0.5) is 0 Å². The number of benzene rings is 2. The number of methoxy groups -OCH3 is 3. The first-order valence-electron chi connectivity index (χ1n) is 8.31. The van der Waals surface area contributed by atoms with Gasteiger partial charge in [-0.2, -0.15) is 4.99 Å². The van der Waals surface area contributed by atoms with Gasteiger partial charge in [-0.05, 0) is 30.3 Å².